The Labute approximate surface area is 104 Å². The number of carbonyl (C=O) groups is 1. The zero-order valence-electron chi connectivity index (χ0n) is 11.1. The predicted molar refractivity (Wildman–Crippen MR) is 72.5 cm³/mol. The van der Waals surface area contributed by atoms with Crippen LogP contribution in [0, 0.1) is 5.92 Å². The van der Waals surface area contributed by atoms with Gasteiger partial charge in [-0.15, -0.1) is 0 Å². The molecule has 0 heterocycles. The number of carbonyl (C=O) groups excluding carboxylic acids is 1. The van der Waals surface area contributed by atoms with Gasteiger partial charge >= 0.3 is 0 Å². The summed E-state index contributed by atoms with van der Waals surface area (Å²) in [7, 11) is 1.93. The second kappa shape index (κ2) is 7.23. The van der Waals surface area contributed by atoms with E-state index in [4.69, 9.17) is 0 Å². The molecule has 1 rings (SSSR count). The highest BCUT2D eigenvalue weighted by molar-refractivity contribution is 5.98. The fraction of sp³-hybridized carbons (Fsp3) is 0.533. The van der Waals surface area contributed by atoms with Crippen molar-refractivity contribution in [1.29, 1.82) is 0 Å². The molecule has 1 aromatic rings. The number of Topliss-reactive ketones (excluding diaryl/α,β-unsaturated/α-hetero) is 1. The Bertz CT molecular complexity index is 360. The number of nitrogens with one attached hydrogen (secondary N) is 1. The largest absolute Gasteiger partial charge is 0.319 e. The Balaban J connectivity index is 2.84. The molecule has 1 atom stereocenters. The van der Waals surface area contributed by atoms with Crippen LogP contribution in [0.25, 0.3) is 0 Å². The van der Waals surface area contributed by atoms with Gasteiger partial charge in [0.15, 0.2) is 5.78 Å². The maximum absolute atomic E-state index is 12.3. The Morgan fingerprint density at radius 1 is 1.35 bits per heavy atom. The van der Waals surface area contributed by atoms with Gasteiger partial charge in [-0.3, -0.25) is 4.79 Å². The Hall–Kier alpha value is -1.15. The minimum absolute atomic E-state index is 0.135. The molecule has 0 saturated carbocycles. The molecular weight excluding hydrogens is 210 g/mol. The molecule has 0 spiro atoms. The second-order valence-corrected chi connectivity index (χ2v) is 4.56. The van der Waals surface area contributed by atoms with Crippen LogP contribution in [0.4, 0.5) is 0 Å². The van der Waals surface area contributed by atoms with Crippen molar-refractivity contribution < 1.29 is 4.79 Å². The molecule has 0 fully saturated rings. The van der Waals surface area contributed by atoms with E-state index in [1.807, 2.05) is 32.2 Å². The smallest absolute Gasteiger partial charge is 0.165 e. The van der Waals surface area contributed by atoms with Gasteiger partial charge in [0.2, 0.25) is 0 Å². The Kier molecular flexibility index (Phi) is 5.92. The summed E-state index contributed by atoms with van der Waals surface area (Å²) < 4.78 is 0. The SMILES string of the molecule is CCCC(C)C(=O)c1ccccc1CCNC. The first-order valence-corrected chi connectivity index (χ1v) is 6.47. The van der Waals surface area contributed by atoms with E-state index in [0.717, 1.165) is 36.9 Å². The second-order valence-electron chi connectivity index (χ2n) is 4.56. The van der Waals surface area contributed by atoms with E-state index in [1.165, 1.54) is 0 Å². The number of benzene rings is 1. The van der Waals surface area contributed by atoms with E-state index in [9.17, 15) is 4.79 Å². The van der Waals surface area contributed by atoms with Gasteiger partial charge in [-0.05, 0) is 32.0 Å². The molecule has 0 saturated heterocycles. The summed E-state index contributed by atoms with van der Waals surface area (Å²) in [5.41, 5.74) is 2.07. The van der Waals surface area contributed by atoms with Crippen molar-refractivity contribution in [3.05, 3.63) is 35.4 Å². The first-order valence-electron chi connectivity index (χ1n) is 6.47. The Morgan fingerprint density at radius 3 is 2.71 bits per heavy atom. The van der Waals surface area contributed by atoms with Crippen LogP contribution in [0.3, 0.4) is 0 Å². The third-order valence-corrected chi connectivity index (χ3v) is 3.10. The van der Waals surface area contributed by atoms with E-state index in [1.54, 1.807) is 0 Å². The molecule has 0 aliphatic heterocycles. The van der Waals surface area contributed by atoms with Gasteiger partial charge in [-0.25, -0.2) is 0 Å². The summed E-state index contributed by atoms with van der Waals surface area (Å²) in [6.45, 7) is 5.06. The fourth-order valence-corrected chi connectivity index (χ4v) is 2.07. The minimum Gasteiger partial charge on any atom is -0.319 e. The quantitative estimate of drug-likeness (QED) is 0.733. The molecule has 0 aliphatic rings. The van der Waals surface area contributed by atoms with Gasteiger partial charge < -0.3 is 5.32 Å². The first kappa shape index (κ1) is 13.9. The van der Waals surface area contributed by atoms with Gasteiger partial charge in [0.25, 0.3) is 0 Å². The van der Waals surface area contributed by atoms with Gasteiger partial charge in [0, 0.05) is 11.5 Å². The lowest BCUT2D eigenvalue weighted by Crippen LogP contribution is -2.16. The van der Waals surface area contributed by atoms with Gasteiger partial charge in [-0.1, -0.05) is 44.5 Å². The predicted octanol–water partition coefficient (Wildman–Crippen LogP) is 3.07. The van der Waals surface area contributed by atoms with Crippen molar-refractivity contribution in [3.8, 4) is 0 Å². The number of rotatable bonds is 7. The highest BCUT2D eigenvalue weighted by Gasteiger charge is 2.16. The van der Waals surface area contributed by atoms with E-state index < -0.39 is 0 Å². The van der Waals surface area contributed by atoms with E-state index in [2.05, 4.69) is 18.3 Å². The molecule has 0 radical (unpaired) electrons. The van der Waals surface area contributed by atoms with Crippen molar-refractivity contribution >= 4 is 5.78 Å². The van der Waals surface area contributed by atoms with Crippen molar-refractivity contribution in [2.75, 3.05) is 13.6 Å². The third kappa shape index (κ3) is 3.97. The average Bonchev–Trinajstić information content (AvgIpc) is 2.36. The summed E-state index contributed by atoms with van der Waals surface area (Å²) in [6.07, 6.45) is 2.95. The lowest BCUT2D eigenvalue weighted by atomic mass is 9.91. The molecule has 0 bridgehead atoms. The van der Waals surface area contributed by atoms with Crippen LogP contribution in [0.15, 0.2) is 24.3 Å². The number of likely N-dealkylation sites (N-methyl/N-ethyl adjacent to an activating group) is 1. The normalized spacial score (nSPS) is 12.4. The number of ketones is 1. The zero-order valence-corrected chi connectivity index (χ0v) is 11.1. The van der Waals surface area contributed by atoms with Crippen LogP contribution in [-0.2, 0) is 6.42 Å². The molecule has 1 N–H and O–H groups in total. The monoisotopic (exact) mass is 233 g/mol. The van der Waals surface area contributed by atoms with Gasteiger partial charge in [0.05, 0.1) is 0 Å². The highest BCUT2D eigenvalue weighted by Crippen LogP contribution is 2.17. The van der Waals surface area contributed by atoms with E-state index in [-0.39, 0.29) is 5.92 Å². The summed E-state index contributed by atoms with van der Waals surface area (Å²) >= 11 is 0. The summed E-state index contributed by atoms with van der Waals surface area (Å²) in [5.74, 6) is 0.425. The van der Waals surface area contributed by atoms with Crippen LogP contribution >= 0.6 is 0 Å². The van der Waals surface area contributed by atoms with Crippen LogP contribution in [-0.4, -0.2) is 19.4 Å². The summed E-state index contributed by atoms with van der Waals surface area (Å²) in [4.78, 5) is 12.3. The van der Waals surface area contributed by atoms with E-state index >= 15 is 0 Å². The van der Waals surface area contributed by atoms with Crippen LogP contribution < -0.4 is 5.32 Å². The van der Waals surface area contributed by atoms with Crippen LogP contribution in [0.2, 0.25) is 0 Å². The van der Waals surface area contributed by atoms with E-state index in [0.29, 0.717) is 5.78 Å². The van der Waals surface area contributed by atoms with Gasteiger partial charge in [-0.2, -0.15) is 0 Å². The maximum Gasteiger partial charge on any atom is 0.165 e. The average molecular weight is 233 g/mol. The fourth-order valence-electron chi connectivity index (χ4n) is 2.07. The van der Waals surface area contributed by atoms with Crippen LogP contribution in [0.1, 0.15) is 42.6 Å². The maximum atomic E-state index is 12.3. The van der Waals surface area contributed by atoms with Crippen molar-refractivity contribution in [3.63, 3.8) is 0 Å². The lowest BCUT2D eigenvalue weighted by Gasteiger charge is -2.13. The molecular formula is C15H23NO. The molecule has 0 aliphatic carbocycles. The van der Waals surface area contributed by atoms with Crippen LogP contribution in [0.5, 0.6) is 0 Å². The standard InChI is InChI=1S/C15H23NO/c1-4-7-12(2)15(17)14-9-6-5-8-13(14)10-11-16-3/h5-6,8-9,12,16H,4,7,10-11H2,1-3H3. The topological polar surface area (TPSA) is 29.1 Å². The van der Waals surface area contributed by atoms with Crippen molar-refractivity contribution in [1.82, 2.24) is 5.32 Å². The number of hydrogen-bond donors (Lipinski definition) is 1. The number of hydrogen-bond acceptors (Lipinski definition) is 2. The highest BCUT2D eigenvalue weighted by atomic mass is 16.1. The molecule has 17 heavy (non-hydrogen) atoms. The molecule has 0 aromatic heterocycles. The zero-order chi connectivity index (χ0) is 12.7. The van der Waals surface area contributed by atoms with Crippen molar-refractivity contribution in [2.45, 2.75) is 33.1 Å². The first-order chi connectivity index (χ1) is 8.20. The molecule has 2 heteroatoms. The molecule has 0 amide bonds. The summed E-state index contributed by atoms with van der Waals surface area (Å²) in [5, 5.41) is 3.13. The Morgan fingerprint density at radius 2 is 2.06 bits per heavy atom. The lowest BCUT2D eigenvalue weighted by molar-refractivity contribution is 0.0922. The third-order valence-electron chi connectivity index (χ3n) is 3.10. The minimum atomic E-state index is 0.135. The summed E-state index contributed by atoms with van der Waals surface area (Å²) in [6, 6.07) is 7.98. The molecule has 94 valence electrons. The molecule has 1 aromatic carbocycles. The van der Waals surface area contributed by atoms with Crippen molar-refractivity contribution in [2.24, 2.45) is 5.92 Å². The van der Waals surface area contributed by atoms with Gasteiger partial charge in [0.1, 0.15) is 0 Å². The molecule has 2 nitrogen and oxygen atoms in total. The molecule has 1 unspecified atom stereocenters.